The van der Waals surface area contributed by atoms with Crippen molar-refractivity contribution in [2.24, 2.45) is 0 Å². The lowest BCUT2D eigenvalue weighted by Gasteiger charge is -2.31. The minimum atomic E-state index is -6.26. The smallest absolute Gasteiger partial charge is 0.394 e. The van der Waals surface area contributed by atoms with Gasteiger partial charge in [0.25, 0.3) is 0 Å². The Morgan fingerprint density at radius 1 is 0.607 bits per heavy atom. The summed E-state index contributed by atoms with van der Waals surface area (Å²) in [5, 5.41) is 34.3. The summed E-state index contributed by atoms with van der Waals surface area (Å²) >= 11 is 0. The van der Waals surface area contributed by atoms with E-state index in [0.717, 1.165) is 0 Å². The summed E-state index contributed by atoms with van der Waals surface area (Å²) in [4.78, 5) is 0. The maximum Gasteiger partial charge on any atom is 0.453 e. The molecule has 170 valence electrons. The highest BCUT2D eigenvalue weighted by Crippen LogP contribution is 2.43. The van der Waals surface area contributed by atoms with Crippen molar-refractivity contribution in [3.8, 4) is 0 Å². The molecular weight excluding hydrogens is 424 g/mol. The number of aliphatic hydroxyl groups is 4. The van der Waals surface area contributed by atoms with Crippen molar-refractivity contribution < 1.29 is 74.5 Å². The Bertz CT molecular complexity index is 413. The monoisotopic (exact) mass is 442 g/mol. The predicted molar refractivity (Wildman–Crippen MR) is 69.8 cm³/mol. The van der Waals surface area contributed by atoms with Crippen molar-refractivity contribution in [2.75, 3.05) is 39.6 Å². The molecule has 8 nitrogen and oxygen atoms in total. The minimum Gasteiger partial charge on any atom is -0.394 e. The highest BCUT2D eigenvalue weighted by atomic mass is 19.3. The summed E-state index contributed by atoms with van der Waals surface area (Å²) in [6, 6.07) is 0. The minimum absolute atomic E-state index is 0.943. The summed E-state index contributed by atoms with van der Waals surface area (Å²) in [6.45, 7) is -8.06. The standard InChI is InChI=1S/C12H18F8O8/c13-9(14,5-25-3-7(23)1-21)27-11(17,18)12(19,20)28-10(15,16)6-26-4-8(24)2-22/h7-8,21-24H,1-6H2. The van der Waals surface area contributed by atoms with Gasteiger partial charge in [0, 0.05) is 0 Å². The summed E-state index contributed by atoms with van der Waals surface area (Å²) < 4.78 is 119. The first-order valence-electron chi connectivity index (χ1n) is 7.22. The molecule has 0 amide bonds. The molecule has 0 saturated heterocycles. The molecule has 0 aliphatic heterocycles. The summed E-state index contributed by atoms with van der Waals surface area (Å²) in [6.07, 6.45) is -26.1. The van der Waals surface area contributed by atoms with E-state index >= 15 is 0 Å². The molecule has 0 heterocycles. The zero-order chi connectivity index (χ0) is 22.2. The number of aliphatic hydroxyl groups excluding tert-OH is 4. The highest BCUT2D eigenvalue weighted by molar-refractivity contribution is 4.72. The number of rotatable bonds is 15. The second-order valence-electron chi connectivity index (χ2n) is 5.22. The maximum atomic E-state index is 13.2. The van der Waals surface area contributed by atoms with Crippen LogP contribution in [0.15, 0.2) is 0 Å². The van der Waals surface area contributed by atoms with Gasteiger partial charge in [-0.25, -0.2) is 9.47 Å². The first-order valence-corrected chi connectivity index (χ1v) is 7.22. The first kappa shape index (κ1) is 27.1. The average molecular weight is 442 g/mol. The molecule has 0 bridgehead atoms. The van der Waals surface area contributed by atoms with Crippen LogP contribution in [0.2, 0.25) is 0 Å². The molecule has 0 aromatic rings. The van der Waals surface area contributed by atoms with Crippen molar-refractivity contribution in [3.63, 3.8) is 0 Å². The van der Waals surface area contributed by atoms with Crippen molar-refractivity contribution in [2.45, 2.75) is 36.6 Å². The van der Waals surface area contributed by atoms with Gasteiger partial charge in [0.1, 0.15) is 25.4 Å². The Morgan fingerprint density at radius 2 is 0.893 bits per heavy atom. The predicted octanol–water partition coefficient (Wildman–Crippen LogP) is 0.130. The second kappa shape index (κ2) is 10.8. The van der Waals surface area contributed by atoms with Gasteiger partial charge in [-0.2, -0.15) is 35.1 Å². The van der Waals surface area contributed by atoms with Crippen molar-refractivity contribution in [3.05, 3.63) is 0 Å². The molecule has 2 unspecified atom stereocenters. The fourth-order valence-corrected chi connectivity index (χ4v) is 1.29. The SMILES string of the molecule is OCC(O)COCC(F)(F)OC(F)(F)C(F)(F)OC(F)(F)COCC(O)CO. The fourth-order valence-electron chi connectivity index (χ4n) is 1.29. The van der Waals surface area contributed by atoms with Crippen LogP contribution >= 0.6 is 0 Å². The van der Waals surface area contributed by atoms with E-state index in [9.17, 15) is 35.1 Å². The van der Waals surface area contributed by atoms with Gasteiger partial charge in [-0.15, -0.1) is 0 Å². The molecule has 16 heteroatoms. The third-order valence-corrected chi connectivity index (χ3v) is 2.48. The number of hydrogen-bond donors (Lipinski definition) is 4. The van der Waals surface area contributed by atoms with Gasteiger partial charge in [-0.1, -0.05) is 0 Å². The molecule has 0 aliphatic rings. The molecule has 0 aromatic carbocycles. The zero-order valence-corrected chi connectivity index (χ0v) is 13.8. The van der Waals surface area contributed by atoms with E-state index in [2.05, 4.69) is 18.9 Å². The summed E-state index contributed by atoms with van der Waals surface area (Å²) in [5.74, 6) is 0. The Balaban J connectivity index is 4.82. The van der Waals surface area contributed by atoms with Crippen LogP contribution in [0, 0.1) is 0 Å². The molecule has 0 rings (SSSR count). The Hall–Kier alpha value is -0.880. The van der Waals surface area contributed by atoms with E-state index in [1.165, 1.54) is 0 Å². The number of hydrogen-bond acceptors (Lipinski definition) is 8. The third-order valence-electron chi connectivity index (χ3n) is 2.48. The van der Waals surface area contributed by atoms with Crippen LogP contribution in [-0.4, -0.2) is 96.7 Å². The number of ether oxygens (including phenoxy) is 4. The van der Waals surface area contributed by atoms with Crippen molar-refractivity contribution >= 4 is 0 Å². The lowest BCUT2D eigenvalue weighted by atomic mass is 10.4. The maximum absolute atomic E-state index is 13.2. The molecule has 4 N–H and O–H groups in total. The molecule has 0 radical (unpaired) electrons. The summed E-state index contributed by atoms with van der Waals surface area (Å²) in [5.41, 5.74) is 0. The van der Waals surface area contributed by atoms with E-state index in [-0.39, 0.29) is 0 Å². The van der Waals surface area contributed by atoms with Gasteiger partial charge >= 0.3 is 24.4 Å². The van der Waals surface area contributed by atoms with E-state index in [1.807, 2.05) is 0 Å². The van der Waals surface area contributed by atoms with Crippen LogP contribution < -0.4 is 0 Å². The van der Waals surface area contributed by atoms with Crippen LogP contribution in [-0.2, 0) is 18.9 Å². The molecule has 0 aromatic heterocycles. The molecule has 2 atom stereocenters. The summed E-state index contributed by atoms with van der Waals surface area (Å²) in [7, 11) is 0. The van der Waals surface area contributed by atoms with Crippen LogP contribution in [0.5, 0.6) is 0 Å². The topological polar surface area (TPSA) is 118 Å². The van der Waals surface area contributed by atoms with Gasteiger partial charge < -0.3 is 29.9 Å². The van der Waals surface area contributed by atoms with E-state index in [0.29, 0.717) is 0 Å². The van der Waals surface area contributed by atoms with Gasteiger partial charge in [0.05, 0.1) is 26.4 Å². The average Bonchev–Trinajstić information content (AvgIpc) is 2.51. The van der Waals surface area contributed by atoms with Crippen LogP contribution in [0.25, 0.3) is 0 Å². The first-order chi connectivity index (χ1) is 12.6. The Morgan fingerprint density at radius 3 is 1.14 bits per heavy atom. The molecular formula is C12H18F8O8. The van der Waals surface area contributed by atoms with Crippen LogP contribution in [0.1, 0.15) is 0 Å². The lowest BCUT2D eigenvalue weighted by molar-refractivity contribution is -0.516. The molecule has 0 aliphatic carbocycles. The Labute approximate surface area is 152 Å². The normalized spacial score (nSPS) is 16.3. The zero-order valence-electron chi connectivity index (χ0n) is 13.8. The molecule has 0 spiro atoms. The molecule has 0 saturated carbocycles. The van der Waals surface area contributed by atoms with Crippen LogP contribution in [0.4, 0.5) is 35.1 Å². The van der Waals surface area contributed by atoms with Crippen molar-refractivity contribution in [1.29, 1.82) is 0 Å². The van der Waals surface area contributed by atoms with Gasteiger partial charge in [0.15, 0.2) is 0 Å². The van der Waals surface area contributed by atoms with Gasteiger partial charge in [-0.05, 0) is 0 Å². The van der Waals surface area contributed by atoms with E-state index < -0.39 is 76.3 Å². The van der Waals surface area contributed by atoms with E-state index in [1.54, 1.807) is 0 Å². The fraction of sp³-hybridized carbons (Fsp3) is 1.00. The van der Waals surface area contributed by atoms with E-state index in [4.69, 9.17) is 20.4 Å². The largest absolute Gasteiger partial charge is 0.453 e. The van der Waals surface area contributed by atoms with Crippen LogP contribution in [0.3, 0.4) is 0 Å². The number of halogens is 8. The highest BCUT2D eigenvalue weighted by Gasteiger charge is 2.67. The third kappa shape index (κ3) is 10.1. The quantitative estimate of drug-likeness (QED) is 0.265. The van der Waals surface area contributed by atoms with Crippen molar-refractivity contribution in [1.82, 2.24) is 0 Å². The van der Waals surface area contributed by atoms with Gasteiger partial charge in [0.2, 0.25) is 0 Å². The number of alkyl halides is 8. The Kier molecular flexibility index (Phi) is 10.4. The molecule has 28 heavy (non-hydrogen) atoms. The lowest BCUT2D eigenvalue weighted by Crippen LogP contribution is -2.53. The second-order valence-corrected chi connectivity index (χ2v) is 5.22. The molecule has 0 fully saturated rings. The van der Waals surface area contributed by atoms with Gasteiger partial charge in [-0.3, -0.25) is 0 Å².